The zero-order valence-electron chi connectivity index (χ0n) is 15.7. The van der Waals surface area contributed by atoms with Crippen molar-refractivity contribution in [1.29, 1.82) is 0 Å². The number of pyridine rings is 1. The highest BCUT2D eigenvalue weighted by Crippen LogP contribution is 2.38. The van der Waals surface area contributed by atoms with Gasteiger partial charge >= 0.3 is 0 Å². The Morgan fingerprint density at radius 2 is 2.07 bits per heavy atom. The molecule has 1 aliphatic rings. The summed E-state index contributed by atoms with van der Waals surface area (Å²) in [7, 11) is 1.58. The van der Waals surface area contributed by atoms with Gasteiger partial charge in [0.25, 0.3) is 11.7 Å². The number of aromatic nitrogens is 1. The van der Waals surface area contributed by atoms with Crippen LogP contribution < -0.4 is 0 Å². The van der Waals surface area contributed by atoms with Gasteiger partial charge in [-0.25, -0.2) is 0 Å². The minimum Gasteiger partial charge on any atom is -0.507 e. The molecule has 3 rings (SSSR count). The number of likely N-dealkylation sites (tertiary alicyclic amines) is 1. The maximum absolute atomic E-state index is 12.8. The van der Waals surface area contributed by atoms with Gasteiger partial charge < -0.3 is 14.7 Å². The molecular weight excluding hydrogens is 424 g/mol. The average Bonchev–Trinajstić information content (AvgIpc) is 2.95. The van der Waals surface area contributed by atoms with Crippen molar-refractivity contribution in [3.05, 3.63) is 69.5 Å². The lowest BCUT2D eigenvalue weighted by Gasteiger charge is -2.24. The third-order valence-corrected chi connectivity index (χ3v) is 5.58. The molecule has 28 heavy (non-hydrogen) atoms. The number of hydrogen-bond acceptors (Lipinski definition) is 5. The second kappa shape index (κ2) is 8.67. The SMILES string of the molecule is COCCCN1C(=O)C(=O)/C(=C(\O)c2ccc(Br)c(C)c2)C1c1ccccn1. The summed E-state index contributed by atoms with van der Waals surface area (Å²) in [6.07, 6.45) is 2.18. The number of aliphatic hydroxyl groups is 1. The Morgan fingerprint density at radius 3 is 2.71 bits per heavy atom. The van der Waals surface area contributed by atoms with Crippen LogP contribution in [0.3, 0.4) is 0 Å². The number of hydrogen-bond donors (Lipinski definition) is 1. The molecule has 0 bridgehead atoms. The number of carbonyl (C=O) groups is 2. The van der Waals surface area contributed by atoms with E-state index in [4.69, 9.17) is 4.74 Å². The fraction of sp³-hybridized carbons (Fsp3) is 0.286. The summed E-state index contributed by atoms with van der Waals surface area (Å²) in [6, 6.07) is 9.85. The molecule has 0 radical (unpaired) electrons. The summed E-state index contributed by atoms with van der Waals surface area (Å²) in [5, 5.41) is 11.0. The highest BCUT2D eigenvalue weighted by molar-refractivity contribution is 9.10. The van der Waals surface area contributed by atoms with Crippen LogP contribution in [0.15, 0.2) is 52.6 Å². The quantitative estimate of drug-likeness (QED) is 0.318. The number of aryl methyl sites for hydroxylation is 1. The van der Waals surface area contributed by atoms with Crippen LogP contribution in [0.4, 0.5) is 0 Å². The number of Topliss-reactive ketones (excluding diaryl/α,β-unsaturated/α-hetero) is 1. The van der Waals surface area contributed by atoms with Crippen LogP contribution in [0.25, 0.3) is 5.76 Å². The van der Waals surface area contributed by atoms with E-state index in [9.17, 15) is 14.7 Å². The van der Waals surface area contributed by atoms with Gasteiger partial charge in [-0.05, 0) is 43.2 Å². The Balaban J connectivity index is 2.12. The molecule has 1 aliphatic heterocycles. The fourth-order valence-corrected chi connectivity index (χ4v) is 3.53. The molecule has 1 amide bonds. The number of halogens is 1. The van der Waals surface area contributed by atoms with Crippen molar-refractivity contribution in [2.75, 3.05) is 20.3 Å². The number of ketones is 1. The molecule has 1 saturated heterocycles. The molecule has 2 heterocycles. The largest absolute Gasteiger partial charge is 0.507 e. The average molecular weight is 445 g/mol. The zero-order valence-corrected chi connectivity index (χ0v) is 17.3. The van der Waals surface area contributed by atoms with Crippen LogP contribution in [-0.2, 0) is 14.3 Å². The Labute approximate surface area is 172 Å². The summed E-state index contributed by atoms with van der Waals surface area (Å²) < 4.78 is 5.96. The van der Waals surface area contributed by atoms with E-state index in [-0.39, 0.29) is 11.3 Å². The zero-order chi connectivity index (χ0) is 20.3. The van der Waals surface area contributed by atoms with E-state index in [1.165, 1.54) is 4.90 Å². The van der Waals surface area contributed by atoms with E-state index < -0.39 is 17.7 Å². The molecule has 0 aliphatic carbocycles. The standard InChI is InChI=1S/C21H21BrN2O4/c1-13-12-14(7-8-15(13)22)19(25)17-18(16-6-3-4-9-23-16)24(10-5-11-28-2)21(27)20(17)26/h3-4,6-9,12,18,25H,5,10-11H2,1-2H3/b19-17-. The van der Waals surface area contributed by atoms with Gasteiger partial charge in [0.15, 0.2) is 0 Å². The number of carbonyl (C=O) groups excluding carboxylic acids is 2. The maximum Gasteiger partial charge on any atom is 0.295 e. The second-order valence-electron chi connectivity index (χ2n) is 6.56. The number of ether oxygens (including phenoxy) is 1. The van der Waals surface area contributed by atoms with E-state index in [1.54, 1.807) is 49.7 Å². The van der Waals surface area contributed by atoms with Gasteiger partial charge in [-0.15, -0.1) is 0 Å². The second-order valence-corrected chi connectivity index (χ2v) is 7.41. The van der Waals surface area contributed by atoms with Crippen molar-refractivity contribution in [2.24, 2.45) is 0 Å². The molecule has 6 nitrogen and oxygen atoms in total. The monoisotopic (exact) mass is 444 g/mol. The minimum absolute atomic E-state index is 0.0582. The van der Waals surface area contributed by atoms with Crippen LogP contribution >= 0.6 is 15.9 Å². The maximum atomic E-state index is 12.8. The van der Waals surface area contributed by atoms with Crippen molar-refractivity contribution in [1.82, 2.24) is 9.88 Å². The number of aliphatic hydroxyl groups excluding tert-OH is 1. The molecule has 1 N–H and O–H groups in total. The molecule has 1 atom stereocenters. The predicted molar refractivity (Wildman–Crippen MR) is 109 cm³/mol. The van der Waals surface area contributed by atoms with Gasteiger partial charge in [0.1, 0.15) is 11.8 Å². The summed E-state index contributed by atoms with van der Waals surface area (Å²) in [4.78, 5) is 31.3. The van der Waals surface area contributed by atoms with Gasteiger partial charge in [0.2, 0.25) is 0 Å². The fourth-order valence-electron chi connectivity index (χ4n) is 3.28. The molecule has 2 aromatic rings. The van der Waals surface area contributed by atoms with E-state index in [2.05, 4.69) is 20.9 Å². The van der Waals surface area contributed by atoms with Crippen LogP contribution in [0.2, 0.25) is 0 Å². The highest BCUT2D eigenvalue weighted by Gasteiger charge is 2.46. The summed E-state index contributed by atoms with van der Waals surface area (Å²) in [5.41, 5.74) is 1.99. The van der Waals surface area contributed by atoms with E-state index in [0.717, 1.165) is 10.0 Å². The molecule has 0 spiro atoms. The van der Waals surface area contributed by atoms with Crippen LogP contribution in [0.5, 0.6) is 0 Å². The van der Waals surface area contributed by atoms with Gasteiger partial charge in [-0.2, -0.15) is 0 Å². The summed E-state index contributed by atoms with van der Waals surface area (Å²) >= 11 is 3.43. The van der Waals surface area contributed by atoms with E-state index >= 15 is 0 Å². The van der Waals surface area contributed by atoms with E-state index in [0.29, 0.717) is 30.8 Å². The Hall–Kier alpha value is -2.51. The van der Waals surface area contributed by atoms with Gasteiger partial charge in [-0.1, -0.05) is 28.1 Å². The molecule has 1 aromatic heterocycles. The first-order valence-corrected chi connectivity index (χ1v) is 9.69. The van der Waals surface area contributed by atoms with Crippen LogP contribution in [-0.4, -0.2) is 46.9 Å². The third kappa shape index (κ3) is 3.86. The molecule has 1 fully saturated rings. The number of rotatable bonds is 6. The first kappa shape index (κ1) is 20.2. The smallest absolute Gasteiger partial charge is 0.295 e. The van der Waals surface area contributed by atoms with Crippen LogP contribution in [0.1, 0.15) is 29.3 Å². The number of amides is 1. The highest BCUT2D eigenvalue weighted by atomic mass is 79.9. The number of methoxy groups -OCH3 is 1. The van der Waals surface area contributed by atoms with Crippen molar-refractivity contribution in [3.8, 4) is 0 Å². The Morgan fingerprint density at radius 1 is 1.29 bits per heavy atom. The topological polar surface area (TPSA) is 79.7 Å². The number of benzene rings is 1. The van der Waals surface area contributed by atoms with E-state index in [1.807, 2.05) is 6.92 Å². The summed E-state index contributed by atoms with van der Waals surface area (Å²) in [6.45, 7) is 2.68. The van der Waals surface area contributed by atoms with Gasteiger partial charge in [0, 0.05) is 36.5 Å². The summed E-state index contributed by atoms with van der Waals surface area (Å²) in [5.74, 6) is -1.54. The van der Waals surface area contributed by atoms with Crippen molar-refractivity contribution in [3.63, 3.8) is 0 Å². The van der Waals surface area contributed by atoms with Gasteiger partial charge in [-0.3, -0.25) is 14.6 Å². The lowest BCUT2D eigenvalue weighted by molar-refractivity contribution is -0.140. The Bertz CT molecular complexity index is 927. The van der Waals surface area contributed by atoms with Crippen molar-refractivity contribution in [2.45, 2.75) is 19.4 Å². The molecular formula is C21H21BrN2O4. The molecule has 7 heteroatoms. The first-order chi connectivity index (χ1) is 13.5. The van der Waals surface area contributed by atoms with Crippen molar-refractivity contribution < 1.29 is 19.4 Å². The predicted octanol–water partition coefficient (Wildman–Crippen LogP) is 3.61. The lowest BCUT2D eigenvalue weighted by atomic mass is 9.97. The Kier molecular flexibility index (Phi) is 6.26. The van der Waals surface area contributed by atoms with Crippen molar-refractivity contribution >= 4 is 33.4 Å². The number of nitrogens with zero attached hydrogens (tertiary/aromatic N) is 2. The molecule has 1 unspecified atom stereocenters. The third-order valence-electron chi connectivity index (χ3n) is 4.69. The molecule has 0 saturated carbocycles. The lowest BCUT2D eigenvalue weighted by Crippen LogP contribution is -2.31. The minimum atomic E-state index is -0.734. The van der Waals surface area contributed by atoms with Gasteiger partial charge in [0.05, 0.1) is 11.3 Å². The first-order valence-electron chi connectivity index (χ1n) is 8.90. The van der Waals surface area contributed by atoms with Crippen LogP contribution in [0, 0.1) is 6.92 Å². The molecule has 146 valence electrons. The molecule has 1 aromatic carbocycles. The normalized spacial score (nSPS) is 18.7.